The second kappa shape index (κ2) is 7.94. The summed E-state index contributed by atoms with van der Waals surface area (Å²) < 4.78 is 30.3. The van der Waals surface area contributed by atoms with E-state index in [9.17, 15) is 24.1 Å². The van der Waals surface area contributed by atoms with Gasteiger partial charge in [0.25, 0.3) is 5.91 Å². The van der Waals surface area contributed by atoms with Crippen molar-refractivity contribution in [1.82, 2.24) is 4.90 Å². The number of carbonyl (C=O) groups excluding carboxylic acids is 2. The maximum absolute atomic E-state index is 13.9. The van der Waals surface area contributed by atoms with Crippen LogP contribution in [-0.2, 0) is 32.7 Å². The fraction of sp³-hybridized carbons (Fsp3) is 0.722. The first-order valence-corrected chi connectivity index (χ1v) is 11.9. The molecule has 30 heavy (non-hydrogen) atoms. The van der Waals surface area contributed by atoms with Crippen molar-refractivity contribution in [2.45, 2.75) is 70.3 Å². The molecular formula is C18H29N2O8PS. The topological polar surface area (TPSA) is 145 Å². The van der Waals surface area contributed by atoms with E-state index in [0.29, 0.717) is 0 Å². The molecular weight excluding hydrogens is 435 g/mol. The molecule has 3 N–H and O–H groups in total. The highest BCUT2D eigenvalue weighted by atomic mass is 32.2. The molecule has 2 rings (SSSR count). The Morgan fingerprint density at radius 2 is 1.73 bits per heavy atom. The summed E-state index contributed by atoms with van der Waals surface area (Å²) in [5.41, 5.74) is 4.43. The third kappa shape index (κ3) is 4.60. The number of carbonyl (C=O) groups is 3. The van der Waals surface area contributed by atoms with Crippen LogP contribution in [0.5, 0.6) is 0 Å². The molecule has 0 aromatic rings. The third-order valence-electron chi connectivity index (χ3n) is 4.06. The molecule has 1 amide bonds. The van der Waals surface area contributed by atoms with Crippen molar-refractivity contribution in [1.29, 1.82) is 0 Å². The third-order valence-corrected chi connectivity index (χ3v) is 8.56. The first kappa shape index (κ1) is 24.9. The minimum absolute atomic E-state index is 0.118. The fourth-order valence-corrected chi connectivity index (χ4v) is 7.48. The van der Waals surface area contributed by atoms with E-state index < -0.39 is 47.3 Å². The predicted octanol–water partition coefficient (Wildman–Crippen LogP) is 2.28. The molecule has 1 saturated heterocycles. The number of thioether (sulfide) groups is 1. The van der Waals surface area contributed by atoms with E-state index in [1.165, 1.54) is 6.92 Å². The normalized spacial score (nSPS) is 25.0. The molecule has 1 fully saturated rings. The van der Waals surface area contributed by atoms with Crippen LogP contribution in [0.1, 0.15) is 48.5 Å². The van der Waals surface area contributed by atoms with Crippen LogP contribution in [0.2, 0.25) is 0 Å². The molecule has 0 aromatic heterocycles. The number of nitrogens with zero attached hydrogens (tertiary/aromatic N) is 1. The largest absolute Gasteiger partial charge is 0.477 e. The molecule has 0 spiro atoms. The Hall–Kier alpha value is -1.39. The van der Waals surface area contributed by atoms with Gasteiger partial charge in [-0.2, -0.15) is 0 Å². The quantitative estimate of drug-likeness (QED) is 0.341. The lowest BCUT2D eigenvalue weighted by Crippen LogP contribution is -2.78. The van der Waals surface area contributed by atoms with E-state index in [0.717, 1.165) is 16.7 Å². The Morgan fingerprint density at radius 1 is 1.23 bits per heavy atom. The van der Waals surface area contributed by atoms with Gasteiger partial charge in [-0.1, -0.05) is 0 Å². The molecule has 12 heteroatoms. The van der Waals surface area contributed by atoms with E-state index in [1.807, 2.05) is 0 Å². The average Bonchev–Trinajstić information content (AvgIpc) is 2.54. The van der Waals surface area contributed by atoms with Gasteiger partial charge in [-0.25, -0.2) is 4.79 Å². The zero-order valence-electron chi connectivity index (χ0n) is 18.2. The van der Waals surface area contributed by atoms with Gasteiger partial charge in [0, 0.05) is 18.2 Å². The molecule has 0 radical (unpaired) electrons. The molecule has 170 valence electrons. The van der Waals surface area contributed by atoms with Gasteiger partial charge < -0.3 is 24.6 Å². The van der Waals surface area contributed by atoms with Gasteiger partial charge in [-0.15, -0.1) is 11.8 Å². The van der Waals surface area contributed by atoms with Gasteiger partial charge in [0.2, 0.25) is 5.28 Å². The highest BCUT2D eigenvalue weighted by molar-refractivity contribution is 8.00. The summed E-state index contributed by atoms with van der Waals surface area (Å²) in [5.74, 6) is -2.72. The number of hydrogen-bond donors (Lipinski definition) is 2. The van der Waals surface area contributed by atoms with Crippen molar-refractivity contribution in [2.75, 3.05) is 12.4 Å². The molecule has 0 saturated carbocycles. The first-order valence-electron chi connectivity index (χ1n) is 9.27. The zero-order valence-corrected chi connectivity index (χ0v) is 19.9. The molecule has 1 unspecified atom stereocenters. The Kier molecular flexibility index (Phi) is 6.59. The lowest BCUT2D eigenvalue weighted by Gasteiger charge is -2.57. The van der Waals surface area contributed by atoms with Gasteiger partial charge in [0.15, 0.2) is 0 Å². The monoisotopic (exact) mass is 464 g/mol. The van der Waals surface area contributed by atoms with Crippen molar-refractivity contribution in [3.8, 4) is 0 Å². The van der Waals surface area contributed by atoms with Gasteiger partial charge in [0.1, 0.15) is 17.7 Å². The molecule has 0 aromatic carbocycles. The molecule has 2 heterocycles. The van der Waals surface area contributed by atoms with Crippen molar-refractivity contribution in [3.63, 3.8) is 0 Å². The van der Waals surface area contributed by atoms with Gasteiger partial charge in [0.05, 0.1) is 11.2 Å². The summed E-state index contributed by atoms with van der Waals surface area (Å²) in [6, 6.07) is 0. The van der Waals surface area contributed by atoms with Gasteiger partial charge in [-0.05, 0) is 41.5 Å². The van der Waals surface area contributed by atoms with Crippen molar-refractivity contribution in [3.05, 3.63) is 11.3 Å². The van der Waals surface area contributed by atoms with E-state index in [-0.39, 0.29) is 23.6 Å². The molecule has 2 aliphatic rings. The van der Waals surface area contributed by atoms with Crippen LogP contribution in [0.15, 0.2) is 11.3 Å². The summed E-state index contributed by atoms with van der Waals surface area (Å²) >= 11 is 1.12. The predicted molar refractivity (Wildman–Crippen MR) is 111 cm³/mol. The van der Waals surface area contributed by atoms with Crippen molar-refractivity contribution >= 4 is 37.2 Å². The number of aliphatic carboxylic acids is 1. The molecule has 0 aliphatic carbocycles. The maximum atomic E-state index is 13.9. The lowest BCUT2D eigenvalue weighted by molar-refractivity contribution is -0.152. The number of β-lactam (4-membered cyclic amide) rings is 1. The number of ether oxygens (including phenoxy) is 1. The number of amides is 1. The zero-order chi connectivity index (χ0) is 23.3. The average molecular weight is 464 g/mol. The first-order chi connectivity index (χ1) is 13.4. The second-order valence-electron chi connectivity index (χ2n) is 9.11. The molecule has 2 atom stereocenters. The van der Waals surface area contributed by atoms with Crippen LogP contribution in [0.3, 0.4) is 0 Å². The molecule has 2 aliphatic heterocycles. The van der Waals surface area contributed by atoms with Crippen LogP contribution < -0.4 is 5.73 Å². The standard InChI is InChI=1S/C18H29N2O8PS/c1-10(21)26-8-11-9-30-15-18(19,14(24)20(15)12(11)13(22)23)29(25,27-16(2,3)4)28-17(5,6)7/h15H,8-9,19H2,1-7H3,(H,22,23)/t15-,18?/m1/s1. The highest BCUT2D eigenvalue weighted by Gasteiger charge is 2.74. The number of rotatable bonds is 6. The smallest absolute Gasteiger partial charge is 0.364 e. The maximum Gasteiger partial charge on any atom is 0.364 e. The Labute approximate surface area is 180 Å². The SMILES string of the molecule is CC(=O)OCC1=C(C(=O)O)N2C(=O)C(N)(P(=O)(OC(C)(C)C)OC(C)(C)C)[C@H]2SC1. The number of esters is 1. The van der Waals surface area contributed by atoms with Crippen LogP contribution in [0.4, 0.5) is 0 Å². The number of fused-ring (bicyclic) bond motifs is 1. The van der Waals surface area contributed by atoms with Gasteiger partial charge >= 0.3 is 19.5 Å². The fourth-order valence-electron chi connectivity index (χ4n) is 3.07. The summed E-state index contributed by atoms with van der Waals surface area (Å²) in [7, 11) is -4.27. The van der Waals surface area contributed by atoms with E-state index in [4.69, 9.17) is 19.5 Å². The number of nitrogens with two attached hydrogens (primary N) is 1. The van der Waals surface area contributed by atoms with E-state index in [2.05, 4.69) is 0 Å². The Morgan fingerprint density at radius 3 is 2.13 bits per heavy atom. The van der Waals surface area contributed by atoms with Crippen LogP contribution in [0, 0.1) is 0 Å². The summed E-state index contributed by atoms with van der Waals surface area (Å²) in [5, 5.41) is 6.64. The molecule has 10 nitrogen and oxygen atoms in total. The van der Waals surface area contributed by atoms with Crippen LogP contribution >= 0.6 is 19.4 Å². The Balaban J connectivity index is 2.50. The number of carboxylic acid groups (broad SMARTS) is 1. The summed E-state index contributed by atoms with van der Waals surface area (Å²) in [4.78, 5) is 37.2. The summed E-state index contributed by atoms with van der Waals surface area (Å²) in [6.45, 7) is 10.9. The minimum Gasteiger partial charge on any atom is -0.477 e. The molecule has 0 bridgehead atoms. The highest BCUT2D eigenvalue weighted by Crippen LogP contribution is 2.69. The van der Waals surface area contributed by atoms with Crippen molar-refractivity contribution < 1.29 is 37.8 Å². The van der Waals surface area contributed by atoms with Gasteiger partial charge in [-0.3, -0.25) is 19.1 Å². The van der Waals surface area contributed by atoms with E-state index in [1.54, 1.807) is 41.5 Å². The van der Waals surface area contributed by atoms with Crippen LogP contribution in [-0.4, -0.2) is 62.1 Å². The number of carboxylic acids is 1. The lowest BCUT2D eigenvalue weighted by atomic mass is 10.0. The van der Waals surface area contributed by atoms with E-state index >= 15 is 0 Å². The number of hydrogen-bond acceptors (Lipinski definition) is 9. The Bertz CT molecular complexity index is 824. The second-order valence-corrected chi connectivity index (χ2v) is 12.3. The van der Waals surface area contributed by atoms with Crippen LogP contribution in [0.25, 0.3) is 0 Å². The minimum atomic E-state index is -4.27. The van der Waals surface area contributed by atoms with Crippen molar-refractivity contribution in [2.24, 2.45) is 5.73 Å². The summed E-state index contributed by atoms with van der Waals surface area (Å²) in [6.07, 6.45) is 0.